The van der Waals surface area contributed by atoms with Crippen LogP contribution in [0.5, 0.6) is 0 Å². The number of ether oxygens (including phenoxy) is 3. The van der Waals surface area contributed by atoms with Crippen LogP contribution in [0.2, 0.25) is 0 Å². The number of Topliss-reactive ketones (excluding diaryl/α,β-unsaturated/α-hetero) is 2. The van der Waals surface area contributed by atoms with Crippen molar-refractivity contribution in [2.45, 2.75) is 65.6 Å². The molecule has 8 heteroatoms. The Bertz CT molecular complexity index is 1000. The molecule has 2 saturated heterocycles. The fourth-order valence-corrected chi connectivity index (χ4v) is 8.78. The summed E-state index contributed by atoms with van der Waals surface area (Å²) in [5.74, 6) is -2.43. The van der Waals surface area contributed by atoms with Crippen molar-refractivity contribution < 1.29 is 38.5 Å². The number of ketones is 2. The number of rotatable bonds is 3. The molecule has 0 unspecified atom stereocenters. The van der Waals surface area contributed by atoms with E-state index in [1.165, 1.54) is 7.11 Å². The van der Waals surface area contributed by atoms with Crippen LogP contribution in [0, 0.1) is 45.8 Å². The fraction of sp³-hybridized carbons (Fsp3) is 0.769. The average molecular weight is 475 g/mol. The zero-order valence-electron chi connectivity index (χ0n) is 20.5. The molecule has 10 atom stereocenters. The van der Waals surface area contributed by atoms with Crippen molar-refractivity contribution in [3.8, 4) is 0 Å². The summed E-state index contributed by atoms with van der Waals surface area (Å²) in [6, 6.07) is 0. The number of hydrogen-bond acceptors (Lipinski definition) is 8. The van der Waals surface area contributed by atoms with Gasteiger partial charge < -0.3 is 19.3 Å². The Morgan fingerprint density at radius 3 is 2.47 bits per heavy atom. The maximum absolute atomic E-state index is 13.8. The molecule has 34 heavy (non-hydrogen) atoms. The predicted octanol–water partition coefficient (Wildman–Crippen LogP) is 2.22. The van der Waals surface area contributed by atoms with E-state index in [1.807, 2.05) is 33.8 Å². The number of methoxy groups -OCH3 is 1. The molecule has 5 rings (SSSR count). The third-order valence-corrected chi connectivity index (χ3v) is 10.2. The second-order valence-electron chi connectivity index (χ2n) is 11.8. The predicted molar refractivity (Wildman–Crippen MR) is 118 cm³/mol. The standard InChI is InChI=1S/C26H34O8/c1-12-6-16(32-5)23(31)25(3)14(12)8-18-26(4)17(9-20(29)34-18)24(2,10-15(27)21(25)26)22(30)13-7-19(28)33-11-13/h6,12-15,17-18,21,27H,7-11H2,1-5H3/t12-,13-,14-,15-,17+,18-,21-,24-,25+,26-/m1/s1. The van der Waals surface area contributed by atoms with Gasteiger partial charge in [0.1, 0.15) is 18.5 Å². The maximum Gasteiger partial charge on any atom is 0.306 e. The molecule has 2 aliphatic heterocycles. The molecule has 2 saturated carbocycles. The molecule has 2 heterocycles. The van der Waals surface area contributed by atoms with E-state index < -0.39 is 52.2 Å². The first kappa shape index (κ1) is 23.5. The van der Waals surface area contributed by atoms with Gasteiger partial charge in [-0.3, -0.25) is 19.2 Å². The molecule has 4 fully saturated rings. The second-order valence-corrected chi connectivity index (χ2v) is 11.8. The van der Waals surface area contributed by atoms with E-state index in [0.717, 1.165) is 0 Å². The number of allylic oxidation sites excluding steroid dienone is 2. The molecule has 0 aromatic heterocycles. The van der Waals surface area contributed by atoms with Crippen LogP contribution >= 0.6 is 0 Å². The largest absolute Gasteiger partial charge is 0.493 e. The van der Waals surface area contributed by atoms with Gasteiger partial charge in [0.25, 0.3) is 0 Å². The van der Waals surface area contributed by atoms with Crippen LogP contribution in [-0.2, 0) is 33.4 Å². The van der Waals surface area contributed by atoms with Gasteiger partial charge in [0, 0.05) is 28.6 Å². The van der Waals surface area contributed by atoms with E-state index in [2.05, 4.69) is 0 Å². The molecule has 0 amide bonds. The molecule has 5 aliphatic rings. The molecule has 1 N–H and O–H groups in total. The number of fused-ring (bicyclic) bond motifs is 2. The van der Waals surface area contributed by atoms with Gasteiger partial charge in [-0.2, -0.15) is 0 Å². The van der Waals surface area contributed by atoms with Gasteiger partial charge in [-0.15, -0.1) is 0 Å². The summed E-state index contributed by atoms with van der Waals surface area (Å²) in [4.78, 5) is 52.2. The Kier molecular flexibility index (Phi) is 5.11. The molecule has 0 spiro atoms. The molecular weight excluding hydrogens is 440 g/mol. The van der Waals surface area contributed by atoms with Gasteiger partial charge in [0.2, 0.25) is 5.78 Å². The lowest BCUT2D eigenvalue weighted by molar-refractivity contribution is -0.268. The van der Waals surface area contributed by atoms with Crippen LogP contribution in [0.3, 0.4) is 0 Å². The minimum absolute atomic E-state index is 0.00919. The van der Waals surface area contributed by atoms with Gasteiger partial charge in [0.05, 0.1) is 25.6 Å². The highest BCUT2D eigenvalue weighted by atomic mass is 16.5. The highest BCUT2D eigenvalue weighted by molar-refractivity contribution is 6.00. The molecular formula is C26H34O8. The second kappa shape index (κ2) is 7.39. The zero-order valence-corrected chi connectivity index (χ0v) is 20.5. The van der Waals surface area contributed by atoms with Crippen LogP contribution in [0.25, 0.3) is 0 Å². The SMILES string of the molecule is COC1=C[C@@H](C)[C@H]2C[C@H]3OC(=O)C[C@@H]4[C@@]3(C)[C@H]([C@H](O)C[C@@]4(C)C(=O)[C@H]3COC(=O)C3)[C@@]2(C)C1=O. The molecule has 0 aromatic carbocycles. The van der Waals surface area contributed by atoms with E-state index in [0.29, 0.717) is 12.2 Å². The monoisotopic (exact) mass is 474 g/mol. The molecule has 8 nitrogen and oxygen atoms in total. The van der Waals surface area contributed by atoms with Crippen LogP contribution in [0.15, 0.2) is 11.8 Å². The number of esters is 2. The normalized spacial score (nSPS) is 49.9. The molecule has 186 valence electrons. The minimum Gasteiger partial charge on any atom is -0.493 e. The van der Waals surface area contributed by atoms with E-state index in [1.54, 1.807) is 0 Å². The van der Waals surface area contributed by atoms with Gasteiger partial charge in [-0.1, -0.05) is 27.7 Å². The first-order valence-corrected chi connectivity index (χ1v) is 12.3. The van der Waals surface area contributed by atoms with E-state index in [-0.39, 0.29) is 55.2 Å². The van der Waals surface area contributed by atoms with Crippen LogP contribution in [-0.4, -0.2) is 54.5 Å². The third-order valence-electron chi connectivity index (χ3n) is 10.2. The Morgan fingerprint density at radius 1 is 1.15 bits per heavy atom. The zero-order chi connectivity index (χ0) is 24.8. The summed E-state index contributed by atoms with van der Waals surface area (Å²) < 4.78 is 16.4. The van der Waals surface area contributed by atoms with Gasteiger partial charge in [-0.05, 0) is 36.7 Å². The quantitative estimate of drug-likeness (QED) is 0.619. The summed E-state index contributed by atoms with van der Waals surface area (Å²) in [6.07, 6.45) is 1.01. The highest BCUT2D eigenvalue weighted by Gasteiger charge is 2.74. The fourth-order valence-electron chi connectivity index (χ4n) is 8.78. The van der Waals surface area contributed by atoms with Crippen molar-refractivity contribution in [2.24, 2.45) is 45.8 Å². The van der Waals surface area contributed by atoms with Crippen molar-refractivity contribution in [3.05, 3.63) is 11.8 Å². The minimum atomic E-state index is -1.05. The van der Waals surface area contributed by atoms with E-state index in [9.17, 15) is 24.3 Å². The Balaban J connectivity index is 1.64. The summed E-state index contributed by atoms with van der Waals surface area (Å²) in [5.41, 5.74) is -2.77. The highest BCUT2D eigenvalue weighted by Crippen LogP contribution is 2.70. The lowest BCUT2D eigenvalue weighted by atomic mass is 9.36. The first-order chi connectivity index (χ1) is 15.9. The number of cyclic esters (lactones) is 1. The number of aliphatic hydroxyl groups is 1. The summed E-state index contributed by atoms with van der Waals surface area (Å²) in [6.45, 7) is 7.76. The number of hydrogen-bond donors (Lipinski definition) is 1. The maximum atomic E-state index is 13.8. The van der Waals surface area contributed by atoms with E-state index >= 15 is 0 Å². The van der Waals surface area contributed by atoms with Gasteiger partial charge >= 0.3 is 11.9 Å². The Hall–Kier alpha value is -2.22. The van der Waals surface area contributed by atoms with Gasteiger partial charge in [-0.25, -0.2) is 0 Å². The molecule has 0 aromatic rings. The number of carbonyl (C=O) groups excluding carboxylic acids is 4. The summed E-state index contributed by atoms with van der Waals surface area (Å²) >= 11 is 0. The molecule has 3 aliphatic carbocycles. The lowest BCUT2D eigenvalue weighted by Gasteiger charge is -2.69. The van der Waals surface area contributed by atoms with Crippen molar-refractivity contribution in [1.82, 2.24) is 0 Å². The van der Waals surface area contributed by atoms with Crippen molar-refractivity contribution in [2.75, 3.05) is 13.7 Å². The van der Waals surface area contributed by atoms with Crippen LogP contribution < -0.4 is 0 Å². The van der Waals surface area contributed by atoms with Crippen molar-refractivity contribution in [1.29, 1.82) is 0 Å². The van der Waals surface area contributed by atoms with Crippen molar-refractivity contribution in [3.63, 3.8) is 0 Å². The van der Waals surface area contributed by atoms with Crippen LogP contribution in [0.1, 0.15) is 53.4 Å². The van der Waals surface area contributed by atoms with Crippen LogP contribution in [0.4, 0.5) is 0 Å². The van der Waals surface area contributed by atoms with E-state index in [4.69, 9.17) is 14.2 Å². The Labute approximate surface area is 199 Å². The lowest BCUT2D eigenvalue weighted by Crippen LogP contribution is -2.73. The van der Waals surface area contributed by atoms with Gasteiger partial charge in [0.15, 0.2) is 5.76 Å². The summed E-state index contributed by atoms with van der Waals surface area (Å²) in [7, 11) is 1.48. The van der Waals surface area contributed by atoms with Crippen molar-refractivity contribution >= 4 is 23.5 Å². The average Bonchev–Trinajstić information content (AvgIpc) is 3.20. The summed E-state index contributed by atoms with van der Waals surface area (Å²) in [5, 5.41) is 11.7. The number of carbonyl (C=O) groups is 4. The molecule has 0 bridgehead atoms. The first-order valence-electron chi connectivity index (χ1n) is 12.3. The number of aliphatic hydroxyl groups excluding tert-OH is 1. The smallest absolute Gasteiger partial charge is 0.306 e. The topological polar surface area (TPSA) is 116 Å². The third kappa shape index (κ3) is 2.80. The molecule has 0 radical (unpaired) electrons. The Morgan fingerprint density at radius 2 is 1.85 bits per heavy atom.